The molecule has 0 spiro atoms. The summed E-state index contributed by atoms with van der Waals surface area (Å²) >= 11 is 6.16. The van der Waals surface area contributed by atoms with Crippen molar-refractivity contribution >= 4 is 23.2 Å². The molecule has 1 aromatic rings. The molecule has 0 radical (unpaired) electrons. The summed E-state index contributed by atoms with van der Waals surface area (Å²) in [5.74, 6) is 1.11. The molecule has 0 saturated heterocycles. The van der Waals surface area contributed by atoms with E-state index < -0.39 is 0 Å². The Balaban J connectivity index is 2.17. The van der Waals surface area contributed by atoms with E-state index in [2.05, 4.69) is 14.9 Å². The van der Waals surface area contributed by atoms with Crippen LogP contribution >= 0.6 is 11.6 Å². The van der Waals surface area contributed by atoms with Crippen molar-refractivity contribution in [3.05, 3.63) is 11.3 Å². The molecule has 1 fully saturated rings. The largest absolute Gasteiger partial charge is 0.382 e. The van der Waals surface area contributed by atoms with E-state index in [9.17, 15) is 0 Å². The van der Waals surface area contributed by atoms with Gasteiger partial charge in [-0.2, -0.15) is 0 Å². The number of hydrogen-bond donors (Lipinski definition) is 1. The highest BCUT2D eigenvalue weighted by atomic mass is 35.5. The van der Waals surface area contributed by atoms with E-state index in [1.54, 1.807) is 0 Å². The van der Waals surface area contributed by atoms with E-state index >= 15 is 0 Å². The third-order valence-electron chi connectivity index (χ3n) is 3.50. The first kappa shape index (κ1) is 12.4. The Kier molecular flexibility index (Phi) is 4.05. The van der Waals surface area contributed by atoms with Crippen molar-refractivity contribution in [3.8, 4) is 0 Å². The summed E-state index contributed by atoms with van der Waals surface area (Å²) in [4.78, 5) is 10.3. The molecular weight excluding hydrogens is 236 g/mol. The van der Waals surface area contributed by atoms with Gasteiger partial charge < -0.3 is 10.6 Å². The number of aromatic nitrogens is 2. The monoisotopic (exact) mass is 254 g/mol. The molecule has 0 aliphatic heterocycles. The Morgan fingerprint density at radius 2 is 1.88 bits per heavy atom. The van der Waals surface area contributed by atoms with Crippen molar-refractivity contribution < 1.29 is 0 Å². The van der Waals surface area contributed by atoms with E-state index in [0.717, 1.165) is 5.82 Å². The van der Waals surface area contributed by atoms with Crippen LogP contribution in [0.5, 0.6) is 0 Å². The quantitative estimate of drug-likeness (QED) is 0.825. The molecule has 1 saturated carbocycles. The van der Waals surface area contributed by atoms with Crippen LogP contribution in [0.4, 0.5) is 11.6 Å². The van der Waals surface area contributed by atoms with Gasteiger partial charge in [-0.1, -0.05) is 37.3 Å². The van der Waals surface area contributed by atoms with Crippen molar-refractivity contribution in [3.63, 3.8) is 0 Å². The minimum atomic E-state index is 0.358. The number of halogens is 1. The van der Waals surface area contributed by atoms with Gasteiger partial charge in [0.1, 0.15) is 17.2 Å². The van der Waals surface area contributed by atoms with E-state index in [-0.39, 0.29) is 0 Å². The van der Waals surface area contributed by atoms with Crippen molar-refractivity contribution in [2.75, 3.05) is 17.7 Å². The molecule has 17 heavy (non-hydrogen) atoms. The molecule has 2 N–H and O–H groups in total. The lowest BCUT2D eigenvalue weighted by molar-refractivity contribution is 0.549. The first-order valence-electron chi connectivity index (χ1n) is 6.19. The fourth-order valence-electron chi connectivity index (χ4n) is 2.44. The number of anilines is 2. The van der Waals surface area contributed by atoms with Gasteiger partial charge in [-0.15, -0.1) is 0 Å². The van der Waals surface area contributed by atoms with Crippen molar-refractivity contribution in [1.29, 1.82) is 0 Å². The fourth-order valence-corrected chi connectivity index (χ4v) is 2.67. The summed E-state index contributed by atoms with van der Waals surface area (Å²) < 4.78 is 0. The average molecular weight is 255 g/mol. The van der Waals surface area contributed by atoms with E-state index in [0.29, 0.717) is 16.9 Å². The highest BCUT2D eigenvalue weighted by Crippen LogP contribution is 2.30. The molecule has 4 nitrogen and oxygen atoms in total. The Morgan fingerprint density at radius 1 is 1.24 bits per heavy atom. The second-order valence-electron chi connectivity index (χ2n) is 4.65. The molecule has 0 atom stereocenters. The molecule has 1 aromatic heterocycles. The highest BCUT2D eigenvalue weighted by Gasteiger charge is 2.20. The standard InChI is InChI=1S/C12H19ClN4/c1-17(9-6-4-2-3-5-7-9)12-10(13)11(14)15-8-16-12/h8-9H,2-7H2,1H3,(H2,14,15,16). The second-order valence-corrected chi connectivity index (χ2v) is 5.03. The normalized spacial score (nSPS) is 17.8. The van der Waals surface area contributed by atoms with Crippen LogP contribution in [0, 0.1) is 0 Å². The van der Waals surface area contributed by atoms with Gasteiger partial charge in [0.2, 0.25) is 0 Å². The Bertz CT molecular complexity index is 375. The van der Waals surface area contributed by atoms with Crippen LogP contribution in [0.15, 0.2) is 6.33 Å². The summed E-state index contributed by atoms with van der Waals surface area (Å²) in [6.45, 7) is 0. The molecule has 94 valence electrons. The summed E-state index contributed by atoms with van der Waals surface area (Å²) in [5.41, 5.74) is 5.71. The minimum absolute atomic E-state index is 0.358. The molecule has 0 unspecified atom stereocenters. The number of nitrogen functional groups attached to an aromatic ring is 1. The van der Waals surface area contributed by atoms with Gasteiger partial charge in [-0.05, 0) is 12.8 Å². The molecule has 1 aliphatic rings. The summed E-state index contributed by atoms with van der Waals surface area (Å²) in [5, 5.41) is 0.472. The molecule has 5 heteroatoms. The molecular formula is C12H19ClN4. The lowest BCUT2D eigenvalue weighted by Crippen LogP contribution is -2.32. The Morgan fingerprint density at radius 3 is 2.53 bits per heavy atom. The zero-order chi connectivity index (χ0) is 12.3. The van der Waals surface area contributed by atoms with E-state index in [1.807, 2.05) is 7.05 Å². The lowest BCUT2D eigenvalue weighted by Gasteiger charge is -2.28. The van der Waals surface area contributed by atoms with Crippen molar-refractivity contribution in [1.82, 2.24) is 9.97 Å². The Labute approximate surface area is 107 Å². The zero-order valence-corrected chi connectivity index (χ0v) is 11.0. The van der Waals surface area contributed by atoms with Crippen molar-refractivity contribution in [2.45, 2.75) is 44.6 Å². The van der Waals surface area contributed by atoms with Crippen LogP contribution in [-0.4, -0.2) is 23.1 Å². The first-order valence-corrected chi connectivity index (χ1v) is 6.56. The van der Waals surface area contributed by atoms with Crippen LogP contribution in [0.2, 0.25) is 5.02 Å². The topological polar surface area (TPSA) is 55.0 Å². The Hall–Kier alpha value is -1.03. The maximum Gasteiger partial charge on any atom is 0.153 e. The van der Waals surface area contributed by atoms with Crippen molar-refractivity contribution in [2.24, 2.45) is 0 Å². The van der Waals surface area contributed by atoms with Gasteiger partial charge in [0.05, 0.1) is 0 Å². The zero-order valence-electron chi connectivity index (χ0n) is 10.2. The fraction of sp³-hybridized carbons (Fsp3) is 0.667. The first-order chi connectivity index (χ1) is 8.20. The summed E-state index contributed by atoms with van der Waals surface area (Å²) in [7, 11) is 2.05. The number of rotatable bonds is 2. The van der Waals surface area contributed by atoms with Gasteiger partial charge in [-0.3, -0.25) is 0 Å². The number of nitrogens with zero attached hydrogens (tertiary/aromatic N) is 3. The predicted molar refractivity (Wildman–Crippen MR) is 71.3 cm³/mol. The smallest absolute Gasteiger partial charge is 0.153 e. The van der Waals surface area contributed by atoms with Crippen LogP contribution in [0.1, 0.15) is 38.5 Å². The number of nitrogens with two attached hydrogens (primary N) is 1. The third kappa shape index (κ3) is 2.80. The maximum atomic E-state index is 6.16. The molecule has 1 aliphatic carbocycles. The summed E-state index contributed by atoms with van der Waals surface area (Å²) in [6.07, 6.45) is 9.13. The molecule has 0 amide bonds. The molecule has 0 bridgehead atoms. The van der Waals surface area contributed by atoms with Gasteiger partial charge in [0, 0.05) is 13.1 Å². The third-order valence-corrected chi connectivity index (χ3v) is 3.87. The van der Waals surface area contributed by atoms with Gasteiger partial charge in [0.15, 0.2) is 5.82 Å². The minimum Gasteiger partial charge on any atom is -0.382 e. The SMILES string of the molecule is CN(c1ncnc(N)c1Cl)C1CCCCCC1. The van der Waals surface area contributed by atoms with Gasteiger partial charge in [0.25, 0.3) is 0 Å². The molecule has 2 rings (SSSR count). The second kappa shape index (κ2) is 5.54. The van der Waals surface area contributed by atoms with E-state index in [1.165, 1.54) is 44.9 Å². The number of hydrogen-bond acceptors (Lipinski definition) is 4. The van der Waals surface area contributed by atoms with Gasteiger partial charge >= 0.3 is 0 Å². The highest BCUT2D eigenvalue weighted by molar-refractivity contribution is 6.35. The predicted octanol–water partition coefficient (Wildman–Crippen LogP) is 2.87. The average Bonchev–Trinajstić information content (AvgIpc) is 2.60. The molecule has 0 aromatic carbocycles. The molecule has 1 heterocycles. The van der Waals surface area contributed by atoms with Crippen LogP contribution in [0.25, 0.3) is 0 Å². The lowest BCUT2D eigenvalue weighted by atomic mass is 10.1. The van der Waals surface area contributed by atoms with Gasteiger partial charge in [-0.25, -0.2) is 9.97 Å². The van der Waals surface area contributed by atoms with Crippen LogP contribution in [-0.2, 0) is 0 Å². The van der Waals surface area contributed by atoms with E-state index in [4.69, 9.17) is 17.3 Å². The maximum absolute atomic E-state index is 6.16. The van der Waals surface area contributed by atoms with Crippen LogP contribution in [0.3, 0.4) is 0 Å². The van der Waals surface area contributed by atoms with Crippen LogP contribution < -0.4 is 10.6 Å². The summed E-state index contributed by atoms with van der Waals surface area (Å²) in [6, 6.07) is 0.518.